The van der Waals surface area contributed by atoms with E-state index in [0.717, 1.165) is 33.5 Å². The molecule has 0 unspecified atom stereocenters. The average Bonchev–Trinajstić information content (AvgIpc) is 3.04. The number of nitrogens with two attached hydrogens (primary N) is 1. The maximum absolute atomic E-state index is 13.7. The van der Waals surface area contributed by atoms with Crippen LogP contribution in [0.5, 0.6) is 0 Å². The number of nitrogens with zero attached hydrogens (tertiary/aromatic N) is 1. The molecule has 4 rings (SSSR count). The van der Waals surface area contributed by atoms with Crippen LogP contribution in [-0.2, 0) is 33.8 Å². The number of benzene rings is 3. The number of aryl methyl sites for hydroxylation is 1. The van der Waals surface area contributed by atoms with E-state index in [1.165, 1.54) is 7.11 Å². The molecule has 1 atom stereocenters. The fourth-order valence-corrected chi connectivity index (χ4v) is 4.52. The summed E-state index contributed by atoms with van der Waals surface area (Å²) in [6.07, 6.45) is 0.690. The third kappa shape index (κ3) is 6.20. The molecule has 8 nitrogen and oxygen atoms in total. The van der Waals surface area contributed by atoms with Crippen LogP contribution < -0.4 is 21.3 Å². The highest BCUT2D eigenvalue weighted by Crippen LogP contribution is 2.30. The Kier molecular flexibility index (Phi) is 8.12. The number of rotatable bonds is 7. The molecule has 0 saturated carbocycles. The van der Waals surface area contributed by atoms with E-state index in [2.05, 4.69) is 15.4 Å². The van der Waals surface area contributed by atoms with Gasteiger partial charge in [-0.1, -0.05) is 66.7 Å². The molecule has 0 saturated heterocycles. The fraction of sp³-hybridized carbons (Fsp3) is 0.300. The summed E-state index contributed by atoms with van der Waals surface area (Å²) in [7, 11) is 1.34. The molecular formula is C30H34N4O4. The summed E-state index contributed by atoms with van der Waals surface area (Å²) >= 11 is 0. The molecule has 3 aromatic rings. The lowest BCUT2D eigenvalue weighted by atomic mass is 9.98. The van der Waals surface area contributed by atoms with Crippen LogP contribution in [0.25, 0.3) is 11.1 Å². The van der Waals surface area contributed by atoms with Gasteiger partial charge in [-0.05, 0) is 60.6 Å². The van der Waals surface area contributed by atoms with Gasteiger partial charge in [0.05, 0.1) is 19.2 Å². The molecule has 0 radical (unpaired) electrons. The summed E-state index contributed by atoms with van der Waals surface area (Å²) in [6, 6.07) is 23.1. The van der Waals surface area contributed by atoms with Crippen molar-refractivity contribution in [2.24, 2.45) is 5.73 Å². The highest BCUT2D eigenvalue weighted by atomic mass is 16.5. The van der Waals surface area contributed by atoms with Gasteiger partial charge in [0.2, 0.25) is 11.8 Å². The Hall–Kier alpha value is -4.17. The standard InChI is InChI=1S/C30H34N4O4/c1-30(2,31)28(36)33-25-17-16-22-8-5-7-11-26(22)34(27(25)35)19-20-12-14-21(15-13-20)24-10-6-4-9-23(24)18-32-29(37)38-3/h4-15,25H,16-19,31H2,1-3H3,(H,32,37)(H,33,36)/t25-/m1/s1. The predicted molar refractivity (Wildman–Crippen MR) is 147 cm³/mol. The van der Waals surface area contributed by atoms with E-state index in [4.69, 9.17) is 5.73 Å². The number of anilines is 1. The second-order valence-electron chi connectivity index (χ2n) is 10.0. The number of alkyl carbamates (subject to hydrolysis) is 1. The molecular weight excluding hydrogens is 480 g/mol. The maximum atomic E-state index is 13.7. The number of nitrogens with one attached hydrogen (secondary N) is 2. The van der Waals surface area contributed by atoms with Crippen molar-refractivity contribution in [3.05, 3.63) is 89.5 Å². The number of methoxy groups -OCH3 is 1. The van der Waals surface area contributed by atoms with E-state index in [1.54, 1.807) is 18.7 Å². The van der Waals surface area contributed by atoms with Crippen molar-refractivity contribution in [3.63, 3.8) is 0 Å². The van der Waals surface area contributed by atoms with Gasteiger partial charge < -0.3 is 26.0 Å². The van der Waals surface area contributed by atoms with Crippen LogP contribution in [0, 0.1) is 0 Å². The number of hydrogen-bond donors (Lipinski definition) is 3. The zero-order chi connectivity index (χ0) is 27.3. The Balaban J connectivity index is 1.57. The smallest absolute Gasteiger partial charge is 0.407 e. The molecule has 0 fully saturated rings. The minimum Gasteiger partial charge on any atom is -0.453 e. The van der Waals surface area contributed by atoms with Gasteiger partial charge in [-0.2, -0.15) is 0 Å². The van der Waals surface area contributed by atoms with Crippen LogP contribution in [0.2, 0.25) is 0 Å². The van der Waals surface area contributed by atoms with Crippen molar-refractivity contribution < 1.29 is 19.1 Å². The first-order valence-electron chi connectivity index (χ1n) is 12.7. The molecule has 1 aliphatic rings. The third-order valence-electron chi connectivity index (χ3n) is 6.67. The Labute approximate surface area is 223 Å². The van der Waals surface area contributed by atoms with Gasteiger partial charge in [0.1, 0.15) is 6.04 Å². The van der Waals surface area contributed by atoms with Gasteiger partial charge in [0.15, 0.2) is 0 Å². The molecule has 4 N–H and O–H groups in total. The van der Waals surface area contributed by atoms with Gasteiger partial charge in [0.25, 0.3) is 0 Å². The summed E-state index contributed by atoms with van der Waals surface area (Å²) in [5.74, 6) is -0.512. The van der Waals surface area contributed by atoms with Gasteiger partial charge >= 0.3 is 6.09 Å². The minimum absolute atomic E-state index is 0.157. The van der Waals surface area contributed by atoms with Crippen molar-refractivity contribution in [1.29, 1.82) is 0 Å². The van der Waals surface area contributed by atoms with E-state index in [-0.39, 0.29) is 11.8 Å². The van der Waals surface area contributed by atoms with Crippen LogP contribution in [-0.4, -0.2) is 36.6 Å². The fourth-order valence-electron chi connectivity index (χ4n) is 4.52. The first kappa shape index (κ1) is 26.9. The van der Waals surface area contributed by atoms with Crippen LogP contribution in [0.4, 0.5) is 10.5 Å². The van der Waals surface area contributed by atoms with Gasteiger partial charge in [-0.3, -0.25) is 9.59 Å². The summed E-state index contributed by atoms with van der Waals surface area (Å²) in [6.45, 7) is 3.96. The highest BCUT2D eigenvalue weighted by Gasteiger charge is 2.34. The minimum atomic E-state index is -1.08. The van der Waals surface area contributed by atoms with E-state index in [0.29, 0.717) is 25.9 Å². The molecule has 38 heavy (non-hydrogen) atoms. The summed E-state index contributed by atoms with van der Waals surface area (Å²) < 4.78 is 4.68. The second-order valence-corrected chi connectivity index (χ2v) is 10.0. The average molecular weight is 515 g/mol. The van der Waals surface area contributed by atoms with Gasteiger partial charge in [0, 0.05) is 12.2 Å². The Morgan fingerprint density at radius 1 is 1.03 bits per heavy atom. The Bertz CT molecular complexity index is 1310. The first-order chi connectivity index (χ1) is 18.2. The summed E-state index contributed by atoms with van der Waals surface area (Å²) in [5, 5.41) is 5.59. The number of para-hydroxylation sites is 1. The number of fused-ring (bicyclic) bond motifs is 1. The zero-order valence-corrected chi connectivity index (χ0v) is 22.0. The number of hydrogen-bond acceptors (Lipinski definition) is 5. The molecule has 1 heterocycles. The lowest BCUT2D eigenvalue weighted by Crippen LogP contribution is -2.56. The zero-order valence-electron chi connectivity index (χ0n) is 22.0. The molecule has 0 aliphatic carbocycles. The van der Waals surface area contributed by atoms with Gasteiger partial charge in [-0.15, -0.1) is 0 Å². The molecule has 198 valence electrons. The lowest BCUT2D eigenvalue weighted by Gasteiger charge is -2.28. The molecule has 8 heteroatoms. The number of amides is 3. The Morgan fingerprint density at radius 3 is 2.42 bits per heavy atom. The van der Waals surface area contributed by atoms with Crippen molar-refractivity contribution in [1.82, 2.24) is 10.6 Å². The molecule has 0 bridgehead atoms. The summed E-state index contributed by atoms with van der Waals surface area (Å²) in [4.78, 5) is 39.6. The van der Waals surface area contributed by atoms with Crippen LogP contribution in [0.1, 0.15) is 37.0 Å². The normalized spacial score (nSPS) is 15.3. The van der Waals surface area contributed by atoms with Crippen LogP contribution in [0.3, 0.4) is 0 Å². The van der Waals surface area contributed by atoms with Crippen LogP contribution in [0.15, 0.2) is 72.8 Å². The summed E-state index contributed by atoms with van der Waals surface area (Å²) in [5.41, 5.74) is 10.7. The molecule has 0 aromatic heterocycles. The predicted octanol–water partition coefficient (Wildman–Crippen LogP) is 3.91. The first-order valence-corrected chi connectivity index (χ1v) is 12.7. The van der Waals surface area contributed by atoms with E-state index in [9.17, 15) is 14.4 Å². The third-order valence-corrected chi connectivity index (χ3v) is 6.67. The quantitative estimate of drug-likeness (QED) is 0.442. The lowest BCUT2D eigenvalue weighted by molar-refractivity contribution is -0.130. The van der Waals surface area contributed by atoms with Crippen molar-refractivity contribution in [2.75, 3.05) is 12.0 Å². The highest BCUT2D eigenvalue weighted by molar-refractivity contribution is 6.01. The SMILES string of the molecule is COC(=O)NCc1ccccc1-c1ccc(CN2C(=O)[C@H](NC(=O)C(C)(C)N)CCc3ccccc32)cc1. The van der Waals surface area contributed by atoms with Crippen LogP contribution >= 0.6 is 0 Å². The van der Waals surface area contributed by atoms with E-state index < -0.39 is 17.7 Å². The van der Waals surface area contributed by atoms with Crippen molar-refractivity contribution in [3.8, 4) is 11.1 Å². The Morgan fingerprint density at radius 2 is 1.71 bits per heavy atom. The van der Waals surface area contributed by atoms with E-state index in [1.807, 2.05) is 72.8 Å². The van der Waals surface area contributed by atoms with Crippen molar-refractivity contribution >= 4 is 23.6 Å². The van der Waals surface area contributed by atoms with E-state index >= 15 is 0 Å². The molecule has 0 spiro atoms. The number of ether oxygens (including phenoxy) is 1. The molecule has 3 aromatic carbocycles. The largest absolute Gasteiger partial charge is 0.453 e. The monoisotopic (exact) mass is 514 g/mol. The topological polar surface area (TPSA) is 114 Å². The maximum Gasteiger partial charge on any atom is 0.407 e. The second kappa shape index (κ2) is 11.5. The molecule has 1 aliphatic heterocycles. The number of carbonyl (C=O) groups is 3. The molecule has 3 amide bonds. The number of carbonyl (C=O) groups excluding carboxylic acids is 3. The van der Waals surface area contributed by atoms with Gasteiger partial charge in [-0.25, -0.2) is 4.79 Å². The van der Waals surface area contributed by atoms with Crippen molar-refractivity contribution in [2.45, 2.75) is 51.4 Å².